The van der Waals surface area contributed by atoms with Crippen LogP contribution < -0.4 is 14.4 Å². The molecule has 10 heteroatoms. The second-order valence-corrected chi connectivity index (χ2v) is 11.1. The summed E-state index contributed by atoms with van der Waals surface area (Å²) in [7, 11) is -2.38. The molecule has 2 amide bonds. The van der Waals surface area contributed by atoms with E-state index >= 15 is 0 Å². The Morgan fingerprint density at radius 1 is 0.974 bits per heavy atom. The van der Waals surface area contributed by atoms with Crippen LogP contribution in [0.4, 0.5) is 5.69 Å². The average Bonchev–Trinajstić information content (AvgIpc) is 2.89. The molecule has 0 radical (unpaired) electrons. The number of carbonyl (C=O) groups excluding carboxylic acids is 2. The van der Waals surface area contributed by atoms with E-state index in [2.05, 4.69) is 5.32 Å². The fourth-order valence-corrected chi connectivity index (χ4v) is 5.11. The molecule has 0 spiro atoms. The first-order valence-corrected chi connectivity index (χ1v) is 14.3. The summed E-state index contributed by atoms with van der Waals surface area (Å²) in [5, 5.41) is 3.31. The number of rotatable bonds is 12. The molecule has 0 heterocycles. The van der Waals surface area contributed by atoms with Crippen molar-refractivity contribution in [1.29, 1.82) is 0 Å². The predicted octanol–water partition coefficient (Wildman–Crippen LogP) is 3.89. The van der Waals surface area contributed by atoms with Crippen molar-refractivity contribution in [3.63, 3.8) is 0 Å². The maximum atomic E-state index is 13.9. The quantitative estimate of drug-likeness (QED) is 0.364. The van der Waals surface area contributed by atoms with Gasteiger partial charge in [-0.3, -0.25) is 13.9 Å². The summed E-state index contributed by atoms with van der Waals surface area (Å²) >= 11 is 6.20. The molecule has 3 aromatic rings. The van der Waals surface area contributed by atoms with Crippen molar-refractivity contribution in [2.45, 2.75) is 25.9 Å². The second-order valence-electron chi connectivity index (χ2n) is 8.72. The number of likely N-dealkylation sites (N-methyl/N-ethyl adjacent to an activating group) is 1. The number of hydrogen-bond acceptors (Lipinski definition) is 5. The van der Waals surface area contributed by atoms with Crippen molar-refractivity contribution in [2.75, 3.05) is 30.8 Å². The molecule has 0 bridgehead atoms. The third-order valence-corrected chi connectivity index (χ3v) is 7.26. The van der Waals surface area contributed by atoms with Gasteiger partial charge in [0.05, 0.1) is 19.1 Å². The third-order valence-electron chi connectivity index (χ3n) is 5.88. The molecule has 0 saturated carbocycles. The molecule has 0 aliphatic heterocycles. The van der Waals surface area contributed by atoms with Crippen LogP contribution in [0.25, 0.3) is 0 Å². The largest absolute Gasteiger partial charge is 0.497 e. The van der Waals surface area contributed by atoms with Gasteiger partial charge in [-0.25, -0.2) is 8.42 Å². The number of anilines is 1. The number of hydrogen-bond donors (Lipinski definition) is 1. The summed E-state index contributed by atoms with van der Waals surface area (Å²) in [6, 6.07) is 21.9. The van der Waals surface area contributed by atoms with E-state index in [0.29, 0.717) is 22.9 Å². The van der Waals surface area contributed by atoms with E-state index in [-0.39, 0.29) is 24.6 Å². The first kappa shape index (κ1) is 29.0. The number of nitrogens with zero attached hydrogens (tertiary/aromatic N) is 2. The van der Waals surface area contributed by atoms with Crippen molar-refractivity contribution in [1.82, 2.24) is 10.2 Å². The third kappa shape index (κ3) is 7.97. The average molecular weight is 558 g/mol. The van der Waals surface area contributed by atoms with Gasteiger partial charge in [0.25, 0.3) is 0 Å². The predicted molar refractivity (Wildman–Crippen MR) is 150 cm³/mol. The van der Waals surface area contributed by atoms with Gasteiger partial charge in [0, 0.05) is 30.6 Å². The standard InChI is InChI=1S/C28H32ClN3O5S/c1-4-30-28(34)26(17-21-10-6-5-7-11-21)31(19-22-12-8-13-23(29)16-22)27(33)20-32(38(3,35)36)24-14-9-15-25(18-24)37-2/h5-16,18,26H,4,17,19-20H2,1-3H3,(H,30,34)/t26-/m0/s1. The molecular weight excluding hydrogens is 526 g/mol. The molecule has 3 aromatic carbocycles. The van der Waals surface area contributed by atoms with E-state index in [4.69, 9.17) is 16.3 Å². The monoisotopic (exact) mass is 557 g/mol. The van der Waals surface area contributed by atoms with Gasteiger partial charge < -0.3 is 15.0 Å². The summed E-state index contributed by atoms with van der Waals surface area (Å²) in [4.78, 5) is 28.7. The highest BCUT2D eigenvalue weighted by Gasteiger charge is 2.33. The summed E-state index contributed by atoms with van der Waals surface area (Å²) in [6.07, 6.45) is 1.28. The SMILES string of the molecule is CCNC(=O)[C@H](Cc1ccccc1)N(Cc1cccc(Cl)c1)C(=O)CN(c1cccc(OC)c1)S(C)(=O)=O. The van der Waals surface area contributed by atoms with E-state index in [1.807, 2.05) is 30.3 Å². The minimum absolute atomic E-state index is 0.0593. The highest BCUT2D eigenvalue weighted by atomic mass is 35.5. The van der Waals surface area contributed by atoms with Crippen molar-refractivity contribution in [3.8, 4) is 5.75 Å². The summed E-state index contributed by atoms with van der Waals surface area (Å²) in [6.45, 7) is 1.73. The lowest BCUT2D eigenvalue weighted by molar-refractivity contribution is -0.140. The number of benzene rings is 3. The minimum Gasteiger partial charge on any atom is -0.497 e. The Morgan fingerprint density at radius 3 is 2.29 bits per heavy atom. The van der Waals surface area contributed by atoms with Crippen LogP contribution >= 0.6 is 11.6 Å². The summed E-state index contributed by atoms with van der Waals surface area (Å²) < 4.78 is 31.9. The molecule has 1 atom stereocenters. The van der Waals surface area contributed by atoms with Gasteiger partial charge in [0.2, 0.25) is 21.8 Å². The van der Waals surface area contributed by atoms with Gasteiger partial charge in [-0.2, -0.15) is 0 Å². The van der Waals surface area contributed by atoms with Gasteiger partial charge in [0.1, 0.15) is 18.3 Å². The van der Waals surface area contributed by atoms with Gasteiger partial charge >= 0.3 is 0 Å². The topological polar surface area (TPSA) is 96.0 Å². The molecule has 0 saturated heterocycles. The number of carbonyl (C=O) groups is 2. The maximum Gasteiger partial charge on any atom is 0.244 e. The molecule has 3 rings (SSSR count). The van der Waals surface area contributed by atoms with E-state index in [1.54, 1.807) is 55.5 Å². The lowest BCUT2D eigenvalue weighted by Gasteiger charge is -2.33. The Morgan fingerprint density at radius 2 is 1.66 bits per heavy atom. The van der Waals surface area contributed by atoms with Crippen LogP contribution in [-0.4, -0.2) is 57.6 Å². The Kier molecular flexibility index (Phi) is 10.2. The smallest absolute Gasteiger partial charge is 0.244 e. The molecule has 0 aromatic heterocycles. The Labute approximate surface area is 229 Å². The lowest BCUT2D eigenvalue weighted by Crippen LogP contribution is -2.53. The first-order valence-electron chi connectivity index (χ1n) is 12.1. The van der Waals surface area contributed by atoms with Gasteiger partial charge in [-0.1, -0.05) is 60.1 Å². The Balaban J connectivity index is 2.04. The minimum atomic E-state index is -3.86. The van der Waals surface area contributed by atoms with Crippen molar-refractivity contribution < 1.29 is 22.7 Å². The van der Waals surface area contributed by atoms with Crippen LogP contribution in [-0.2, 0) is 32.6 Å². The number of ether oxygens (including phenoxy) is 1. The zero-order valence-corrected chi connectivity index (χ0v) is 23.2. The maximum absolute atomic E-state index is 13.9. The van der Waals surface area contributed by atoms with Crippen molar-refractivity contribution >= 4 is 39.1 Å². The Bertz CT molecular complexity index is 1350. The van der Waals surface area contributed by atoms with Gasteiger partial charge in [-0.05, 0) is 42.3 Å². The molecule has 202 valence electrons. The normalized spacial score (nSPS) is 11.9. The van der Waals surface area contributed by atoms with Crippen LogP contribution in [0, 0.1) is 0 Å². The van der Waals surface area contributed by atoms with Crippen LogP contribution in [0.1, 0.15) is 18.1 Å². The Hall–Kier alpha value is -3.56. The molecule has 0 aliphatic rings. The van der Waals surface area contributed by atoms with Crippen molar-refractivity contribution in [3.05, 3.63) is 95.0 Å². The number of methoxy groups -OCH3 is 1. The molecule has 0 fully saturated rings. The highest BCUT2D eigenvalue weighted by molar-refractivity contribution is 7.92. The van der Waals surface area contributed by atoms with E-state index in [0.717, 1.165) is 16.1 Å². The van der Waals surface area contributed by atoms with Crippen LogP contribution in [0.15, 0.2) is 78.9 Å². The van der Waals surface area contributed by atoms with Gasteiger partial charge in [0.15, 0.2) is 0 Å². The summed E-state index contributed by atoms with van der Waals surface area (Å²) in [5.74, 6) is -0.423. The number of sulfonamides is 1. The second kappa shape index (κ2) is 13.3. The van der Waals surface area contributed by atoms with E-state index < -0.39 is 28.5 Å². The fraction of sp³-hybridized carbons (Fsp3) is 0.286. The number of nitrogens with one attached hydrogen (secondary N) is 1. The molecule has 38 heavy (non-hydrogen) atoms. The lowest BCUT2D eigenvalue weighted by atomic mass is 10.0. The molecule has 0 unspecified atom stereocenters. The summed E-state index contributed by atoms with van der Waals surface area (Å²) in [5.41, 5.74) is 1.85. The highest BCUT2D eigenvalue weighted by Crippen LogP contribution is 2.24. The fourth-order valence-electron chi connectivity index (χ4n) is 4.06. The van der Waals surface area contributed by atoms with E-state index in [9.17, 15) is 18.0 Å². The van der Waals surface area contributed by atoms with Gasteiger partial charge in [-0.15, -0.1) is 0 Å². The zero-order chi connectivity index (χ0) is 27.7. The molecule has 1 N–H and O–H groups in total. The van der Waals surface area contributed by atoms with Crippen LogP contribution in [0.2, 0.25) is 5.02 Å². The molecule has 8 nitrogen and oxygen atoms in total. The number of halogens is 1. The van der Waals surface area contributed by atoms with E-state index in [1.165, 1.54) is 12.0 Å². The number of amides is 2. The molecule has 0 aliphatic carbocycles. The van der Waals surface area contributed by atoms with Crippen LogP contribution in [0.3, 0.4) is 0 Å². The zero-order valence-electron chi connectivity index (χ0n) is 21.6. The molecular formula is C28H32ClN3O5S. The first-order chi connectivity index (χ1) is 18.1. The van der Waals surface area contributed by atoms with Crippen LogP contribution in [0.5, 0.6) is 5.75 Å². The van der Waals surface area contributed by atoms with Crippen molar-refractivity contribution in [2.24, 2.45) is 0 Å².